The number of nitrogens with zero attached hydrogens (tertiary/aromatic N) is 6. The summed E-state index contributed by atoms with van der Waals surface area (Å²) in [6, 6.07) is 7.58. The average molecular weight is 923 g/mol. The van der Waals surface area contributed by atoms with Crippen LogP contribution in [0.15, 0.2) is 41.9 Å². The number of amides is 4. The first-order chi connectivity index (χ1) is 31.0. The van der Waals surface area contributed by atoms with E-state index in [0.717, 1.165) is 77.0 Å². The maximum absolute atomic E-state index is 14.7. The monoisotopic (exact) mass is 922 g/mol. The number of carbonyl (C=O) groups is 4. The number of hydrogen-bond donors (Lipinski definition) is 3. The molecule has 4 aliphatic rings. The Morgan fingerprint density at radius 2 is 1.97 bits per heavy atom. The molecule has 5 atom stereocenters. The summed E-state index contributed by atoms with van der Waals surface area (Å²) >= 11 is 1.43. The topological polar surface area (TPSA) is 163 Å². The third kappa shape index (κ3) is 9.10. The number of methoxy groups -OCH3 is 1. The third-order valence-electron chi connectivity index (χ3n) is 13.9. The molecule has 0 saturated carbocycles. The number of rotatable bonds is 8. The first-order valence-electron chi connectivity index (χ1n) is 23.1. The summed E-state index contributed by atoms with van der Waals surface area (Å²) in [6.45, 7) is 15.6. The van der Waals surface area contributed by atoms with Gasteiger partial charge >= 0.3 is 12.0 Å². The van der Waals surface area contributed by atoms with Crippen molar-refractivity contribution in [2.45, 2.75) is 122 Å². The predicted molar refractivity (Wildman–Crippen MR) is 252 cm³/mol. The molecule has 4 aromatic rings. The highest BCUT2D eigenvalue weighted by Crippen LogP contribution is 2.43. The fourth-order valence-corrected chi connectivity index (χ4v) is 11.4. The number of pyridine rings is 1. The van der Waals surface area contributed by atoms with Crippen LogP contribution in [0.3, 0.4) is 0 Å². The van der Waals surface area contributed by atoms with Crippen molar-refractivity contribution in [1.82, 2.24) is 45.4 Å². The lowest BCUT2D eigenvalue weighted by Gasteiger charge is -2.56. The van der Waals surface area contributed by atoms with E-state index >= 15 is 0 Å². The Hall–Kier alpha value is -4.68. The van der Waals surface area contributed by atoms with Crippen LogP contribution in [0.1, 0.15) is 89.9 Å². The smallest absolute Gasteiger partial charge is 0.324 e. The van der Waals surface area contributed by atoms with Crippen molar-refractivity contribution < 1.29 is 28.7 Å². The second-order valence-corrected chi connectivity index (χ2v) is 21.5. The minimum absolute atomic E-state index is 0.110. The van der Waals surface area contributed by atoms with Gasteiger partial charge in [-0.1, -0.05) is 33.8 Å². The van der Waals surface area contributed by atoms with E-state index in [9.17, 15) is 19.2 Å². The van der Waals surface area contributed by atoms with Crippen molar-refractivity contribution in [1.29, 1.82) is 0 Å². The van der Waals surface area contributed by atoms with E-state index in [0.29, 0.717) is 43.9 Å². The number of esters is 1. The van der Waals surface area contributed by atoms with Crippen LogP contribution in [-0.2, 0) is 48.5 Å². The normalized spacial score (nSPS) is 24.0. The number of cyclic esters (lactones) is 1. The van der Waals surface area contributed by atoms with E-state index in [2.05, 4.69) is 75.9 Å². The Balaban J connectivity index is 1.17. The number of benzene rings is 1. The molecule has 347 valence electrons. The summed E-state index contributed by atoms with van der Waals surface area (Å²) in [4.78, 5) is 70.6. The van der Waals surface area contributed by atoms with Crippen molar-refractivity contribution in [2.24, 2.45) is 11.3 Å². The molecular weight excluding hydrogens is 859 g/mol. The van der Waals surface area contributed by atoms with Gasteiger partial charge in [0.15, 0.2) is 0 Å². The number of hydrazine groups is 1. The van der Waals surface area contributed by atoms with Gasteiger partial charge in [0.25, 0.3) is 5.91 Å². The molecule has 65 heavy (non-hydrogen) atoms. The molecule has 15 nitrogen and oxygen atoms in total. The molecule has 3 fully saturated rings. The van der Waals surface area contributed by atoms with E-state index in [1.807, 2.05) is 37.1 Å². The maximum atomic E-state index is 14.7. The molecule has 3 N–H and O–H groups in total. The Morgan fingerprint density at radius 1 is 1.17 bits per heavy atom. The zero-order chi connectivity index (χ0) is 46.4. The average Bonchev–Trinajstić information content (AvgIpc) is 3.88. The Bertz CT molecular complexity index is 2440. The number of thiazole rings is 1. The highest BCUT2D eigenvalue weighted by Gasteiger charge is 2.50. The van der Waals surface area contributed by atoms with Crippen LogP contribution in [0.5, 0.6) is 0 Å². The lowest BCUT2D eigenvalue weighted by molar-refractivity contribution is -0.155. The summed E-state index contributed by atoms with van der Waals surface area (Å²) in [5.74, 6) is -1.50. The first-order valence-corrected chi connectivity index (χ1v) is 24.5. The van der Waals surface area contributed by atoms with E-state index in [1.165, 1.54) is 16.3 Å². The van der Waals surface area contributed by atoms with Gasteiger partial charge in [0.1, 0.15) is 18.1 Å². The molecule has 8 rings (SSSR count). The number of carbonyl (C=O) groups excluding carboxylic acids is 4. The van der Waals surface area contributed by atoms with E-state index in [4.69, 9.17) is 19.4 Å². The van der Waals surface area contributed by atoms with Gasteiger partial charge in [0, 0.05) is 85.8 Å². The SMILES string of the molecule is CCn1c(-c2cccnc2[C@@](C)([Si])OC)c2c3cc(ccc31)-c1csc(n1)C[C@H](NC(=O)[C@H](C(C)C)N(C)C(=O)N1CC[C@@]13CCCNC3)C(=O)N1CCC[C@H](N1)C(=O)OCC(C)(C)C2. The summed E-state index contributed by atoms with van der Waals surface area (Å²) in [7, 11) is 7.19. The van der Waals surface area contributed by atoms with Crippen LogP contribution < -0.4 is 16.1 Å². The highest BCUT2D eigenvalue weighted by molar-refractivity contribution is 7.10. The Kier molecular flexibility index (Phi) is 13.4. The van der Waals surface area contributed by atoms with Gasteiger partial charge in [-0.05, 0) is 94.7 Å². The number of ether oxygens (including phenoxy) is 2. The van der Waals surface area contributed by atoms with Crippen LogP contribution in [0.25, 0.3) is 33.4 Å². The lowest BCUT2D eigenvalue weighted by atomic mass is 9.78. The number of piperidine rings is 1. The van der Waals surface area contributed by atoms with Crippen molar-refractivity contribution in [3.63, 3.8) is 0 Å². The molecule has 1 aromatic carbocycles. The second kappa shape index (κ2) is 18.5. The minimum Gasteiger partial charge on any atom is -0.464 e. The van der Waals surface area contributed by atoms with Gasteiger partial charge in [-0.15, -0.1) is 11.3 Å². The number of hydrogen-bond acceptors (Lipinski definition) is 11. The molecule has 17 heteroatoms. The number of likely N-dealkylation sites (N-methyl/N-ethyl adjacent to an activating group) is 1. The van der Waals surface area contributed by atoms with Crippen LogP contribution in [0.2, 0.25) is 0 Å². The predicted octanol–water partition coefficient (Wildman–Crippen LogP) is 5.39. The minimum atomic E-state index is -1.04. The van der Waals surface area contributed by atoms with Crippen LogP contribution in [0, 0.1) is 11.3 Å². The van der Waals surface area contributed by atoms with Crippen molar-refractivity contribution in [2.75, 3.05) is 46.9 Å². The zero-order valence-electron chi connectivity index (χ0n) is 39.1. The molecule has 0 unspecified atom stereocenters. The van der Waals surface area contributed by atoms with Crippen LogP contribution in [-0.4, -0.2) is 134 Å². The third-order valence-corrected chi connectivity index (χ3v) is 15.2. The molecule has 3 saturated heterocycles. The lowest BCUT2D eigenvalue weighted by Crippen LogP contribution is -2.71. The van der Waals surface area contributed by atoms with Gasteiger partial charge in [-0.2, -0.15) is 0 Å². The zero-order valence-corrected chi connectivity index (χ0v) is 40.9. The molecule has 3 aromatic heterocycles. The van der Waals surface area contributed by atoms with E-state index in [1.54, 1.807) is 25.3 Å². The van der Waals surface area contributed by atoms with Crippen molar-refractivity contribution >= 4 is 56.3 Å². The molecule has 0 aliphatic carbocycles. The summed E-state index contributed by atoms with van der Waals surface area (Å²) in [5, 5.41) is 10.8. The first kappa shape index (κ1) is 46.8. The van der Waals surface area contributed by atoms with Gasteiger partial charge in [0.05, 0.1) is 49.7 Å². The summed E-state index contributed by atoms with van der Waals surface area (Å²) < 4.78 is 14.4. The van der Waals surface area contributed by atoms with Gasteiger partial charge in [0.2, 0.25) is 5.91 Å². The second-order valence-electron chi connectivity index (χ2n) is 19.6. The largest absolute Gasteiger partial charge is 0.464 e. The maximum Gasteiger partial charge on any atom is 0.324 e. The van der Waals surface area contributed by atoms with Crippen molar-refractivity contribution in [3.05, 3.63) is 58.2 Å². The summed E-state index contributed by atoms with van der Waals surface area (Å²) in [6.07, 6.45) is 6.35. The van der Waals surface area contributed by atoms with Gasteiger partial charge in [-0.3, -0.25) is 24.4 Å². The Labute approximate surface area is 389 Å². The van der Waals surface area contributed by atoms with Crippen LogP contribution >= 0.6 is 11.3 Å². The molecule has 3 radical (unpaired) electrons. The van der Waals surface area contributed by atoms with Gasteiger partial charge < -0.3 is 34.5 Å². The van der Waals surface area contributed by atoms with Gasteiger partial charge in [-0.25, -0.2) is 15.2 Å². The molecule has 7 heterocycles. The molecular formula is C48H64N9O6SSi. The molecule has 1 spiro atoms. The number of fused-ring (bicyclic) bond motifs is 6. The summed E-state index contributed by atoms with van der Waals surface area (Å²) in [5.41, 5.74) is 8.91. The molecule has 4 aliphatic heterocycles. The van der Waals surface area contributed by atoms with Crippen molar-refractivity contribution in [3.8, 4) is 22.5 Å². The molecule has 4 amide bonds. The van der Waals surface area contributed by atoms with Crippen LogP contribution in [0.4, 0.5) is 4.79 Å². The number of aromatic nitrogens is 3. The fourth-order valence-electron chi connectivity index (χ4n) is 10.3. The number of urea groups is 1. The fraction of sp³-hybridized carbons (Fsp3) is 0.583. The number of aryl methyl sites for hydroxylation is 1. The number of nitrogens with one attached hydrogen (secondary N) is 3. The molecule has 6 bridgehead atoms. The standard InChI is InChI=1S/C48H64N9O6SSi/c1-9-55-37-16-15-30-23-32(37)33(40(55)31-13-10-20-50-41(31)47(6,65)62-8)25-46(4,5)28-63-44(60)34-14-11-21-57(53-34)43(59)35(24-38-51-36(30)26-64-38)52-42(58)39(29(2)3)54(7)45(61)56-22-18-48(56)17-12-19-49-27-48/h10,13,15-16,20,23,26,29,34-35,39,49,53H,9,11-12,14,17-19,21-22,24-25,27-28H2,1-8H3,(H,52,58)/t34-,35-,39-,47+,48+/m0/s1. The van der Waals surface area contributed by atoms with E-state index < -0.39 is 40.6 Å². The number of likely N-dealkylation sites (tertiary alicyclic amines) is 1. The quantitative estimate of drug-likeness (QED) is 0.155. The Morgan fingerprint density at radius 3 is 2.66 bits per heavy atom. The van der Waals surface area contributed by atoms with E-state index in [-0.39, 0.29) is 36.4 Å². The highest BCUT2D eigenvalue weighted by atomic mass is 32.1.